The Bertz CT molecular complexity index is 1110. The Labute approximate surface area is 216 Å². The summed E-state index contributed by atoms with van der Waals surface area (Å²) in [5, 5.41) is 3.01. The van der Waals surface area contributed by atoms with Crippen LogP contribution in [0.25, 0.3) is 0 Å². The van der Waals surface area contributed by atoms with Gasteiger partial charge in [-0.05, 0) is 78.3 Å². The van der Waals surface area contributed by atoms with Gasteiger partial charge >= 0.3 is 16.1 Å². The van der Waals surface area contributed by atoms with Crippen molar-refractivity contribution in [3.05, 3.63) is 48.0 Å². The smallest absolute Gasteiger partial charge is 0.339 e. The van der Waals surface area contributed by atoms with E-state index in [0.29, 0.717) is 11.3 Å². The number of carbonyl (C=O) groups excluding carboxylic acids is 1. The van der Waals surface area contributed by atoms with E-state index in [0.717, 1.165) is 25.2 Å². The second-order valence-corrected chi connectivity index (χ2v) is 11.3. The molecule has 0 fully saturated rings. The standard InChI is InChI=1S/C27H41N3O5S/c1-9-20(4)30(26(31)28-27(5,6)7)19-21-12-13-22(29(10-2)11-3)18-25(21)35-36(32,33)24-16-14-23(34-8)15-17-24/h12-18,20H,9-11,19H2,1-8H3,(H,28,31)/t20-/m1/s1. The molecule has 0 bridgehead atoms. The molecule has 2 aromatic carbocycles. The van der Waals surface area contributed by atoms with Crippen molar-refractivity contribution < 1.29 is 22.1 Å². The van der Waals surface area contributed by atoms with E-state index in [-0.39, 0.29) is 29.3 Å². The zero-order chi connectivity index (χ0) is 27.1. The second kappa shape index (κ2) is 12.3. The van der Waals surface area contributed by atoms with Gasteiger partial charge in [-0.3, -0.25) is 0 Å². The Morgan fingerprint density at radius 1 is 1.03 bits per heavy atom. The third kappa shape index (κ3) is 7.78. The molecule has 2 amide bonds. The van der Waals surface area contributed by atoms with Crippen LogP contribution in [0.5, 0.6) is 11.5 Å². The van der Waals surface area contributed by atoms with Gasteiger partial charge in [0.15, 0.2) is 0 Å². The zero-order valence-electron chi connectivity index (χ0n) is 22.8. The summed E-state index contributed by atoms with van der Waals surface area (Å²) < 4.78 is 37.3. The molecule has 0 saturated carbocycles. The number of methoxy groups -OCH3 is 1. The average molecular weight is 520 g/mol. The molecule has 9 heteroatoms. The summed E-state index contributed by atoms with van der Waals surface area (Å²) in [7, 11) is -2.60. The van der Waals surface area contributed by atoms with Crippen molar-refractivity contribution in [2.45, 2.75) is 77.9 Å². The quantitative estimate of drug-likeness (QED) is 0.399. The maximum Gasteiger partial charge on any atom is 0.339 e. The Morgan fingerprint density at radius 2 is 1.64 bits per heavy atom. The summed E-state index contributed by atoms with van der Waals surface area (Å²) in [4.78, 5) is 17.0. The first-order valence-corrected chi connectivity index (χ1v) is 13.8. The fourth-order valence-electron chi connectivity index (χ4n) is 3.67. The van der Waals surface area contributed by atoms with Crippen molar-refractivity contribution >= 4 is 21.8 Å². The number of anilines is 1. The van der Waals surface area contributed by atoms with Crippen LogP contribution in [0.1, 0.15) is 60.5 Å². The van der Waals surface area contributed by atoms with Gasteiger partial charge in [-0.25, -0.2) is 4.79 Å². The summed E-state index contributed by atoms with van der Waals surface area (Å²) >= 11 is 0. The molecule has 0 saturated heterocycles. The van der Waals surface area contributed by atoms with E-state index in [9.17, 15) is 13.2 Å². The normalized spacial score (nSPS) is 12.6. The number of ether oxygens (including phenoxy) is 1. The van der Waals surface area contributed by atoms with Crippen molar-refractivity contribution in [2.24, 2.45) is 0 Å². The van der Waals surface area contributed by atoms with Crippen molar-refractivity contribution in [3.8, 4) is 11.5 Å². The summed E-state index contributed by atoms with van der Waals surface area (Å²) in [6, 6.07) is 11.3. The van der Waals surface area contributed by atoms with Crippen LogP contribution in [0.15, 0.2) is 47.4 Å². The number of urea groups is 1. The van der Waals surface area contributed by atoms with Crippen molar-refractivity contribution in [1.82, 2.24) is 10.2 Å². The average Bonchev–Trinajstić information content (AvgIpc) is 2.82. The highest BCUT2D eigenvalue weighted by atomic mass is 32.2. The van der Waals surface area contributed by atoms with Crippen LogP contribution < -0.4 is 19.1 Å². The van der Waals surface area contributed by atoms with Crippen molar-refractivity contribution in [1.29, 1.82) is 0 Å². The van der Waals surface area contributed by atoms with Gasteiger partial charge in [0, 0.05) is 42.0 Å². The second-order valence-electron chi connectivity index (χ2n) is 9.74. The molecule has 0 aliphatic rings. The summed E-state index contributed by atoms with van der Waals surface area (Å²) in [5.41, 5.74) is 1.04. The van der Waals surface area contributed by atoms with E-state index in [1.54, 1.807) is 23.1 Å². The lowest BCUT2D eigenvalue weighted by atomic mass is 10.1. The largest absolute Gasteiger partial charge is 0.497 e. The van der Waals surface area contributed by atoms with Crippen LogP contribution >= 0.6 is 0 Å². The SMILES string of the molecule is CC[C@@H](C)N(Cc1ccc(N(CC)CC)cc1OS(=O)(=O)c1ccc(OC)cc1)C(=O)NC(C)(C)C. The molecule has 0 unspecified atom stereocenters. The molecule has 200 valence electrons. The van der Waals surface area contributed by atoms with Gasteiger partial charge in [-0.1, -0.05) is 13.0 Å². The zero-order valence-corrected chi connectivity index (χ0v) is 23.6. The Morgan fingerprint density at radius 3 is 2.14 bits per heavy atom. The minimum atomic E-state index is -4.12. The first-order chi connectivity index (χ1) is 16.8. The van der Waals surface area contributed by atoms with Crippen LogP contribution in [0.4, 0.5) is 10.5 Å². The first-order valence-electron chi connectivity index (χ1n) is 12.4. The third-order valence-electron chi connectivity index (χ3n) is 5.93. The summed E-state index contributed by atoms with van der Waals surface area (Å²) in [6.07, 6.45) is 0.745. The van der Waals surface area contributed by atoms with Crippen LogP contribution in [0.3, 0.4) is 0 Å². The Balaban J connectivity index is 2.52. The van der Waals surface area contributed by atoms with E-state index in [1.165, 1.54) is 19.2 Å². The third-order valence-corrected chi connectivity index (χ3v) is 7.18. The molecule has 2 rings (SSSR count). The number of nitrogens with zero attached hydrogens (tertiary/aromatic N) is 2. The highest BCUT2D eigenvalue weighted by molar-refractivity contribution is 7.87. The summed E-state index contributed by atoms with van der Waals surface area (Å²) in [6.45, 7) is 15.5. The van der Waals surface area contributed by atoms with Gasteiger partial charge in [0.25, 0.3) is 0 Å². The maximum atomic E-state index is 13.2. The van der Waals surface area contributed by atoms with Crippen molar-refractivity contribution in [3.63, 3.8) is 0 Å². The Hall–Kier alpha value is -2.94. The number of rotatable bonds is 11. The van der Waals surface area contributed by atoms with Crippen molar-refractivity contribution in [2.75, 3.05) is 25.1 Å². The predicted molar refractivity (Wildman–Crippen MR) is 144 cm³/mol. The minimum Gasteiger partial charge on any atom is -0.497 e. The van der Waals surface area contributed by atoms with Gasteiger partial charge in [0.05, 0.1) is 13.7 Å². The highest BCUT2D eigenvalue weighted by Gasteiger charge is 2.26. The number of carbonyl (C=O) groups is 1. The van der Waals surface area contributed by atoms with E-state index in [4.69, 9.17) is 8.92 Å². The van der Waals surface area contributed by atoms with E-state index < -0.39 is 15.7 Å². The molecule has 8 nitrogen and oxygen atoms in total. The molecular weight excluding hydrogens is 478 g/mol. The maximum absolute atomic E-state index is 13.2. The van der Waals surface area contributed by atoms with Gasteiger partial charge in [-0.15, -0.1) is 0 Å². The van der Waals surface area contributed by atoms with Gasteiger partial charge in [0.1, 0.15) is 16.4 Å². The van der Waals surface area contributed by atoms with E-state index in [1.807, 2.05) is 60.6 Å². The van der Waals surface area contributed by atoms with Gasteiger partial charge in [-0.2, -0.15) is 8.42 Å². The lowest BCUT2D eigenvalue weighted by Gasteiger charge is -2.33. The molecule has 1 N–H and O–H groups in total. The lowest BCUT2D eigenvalue weighted by molar-refractivity contribution is 0.164. The molecule has 36 heavy (non-hydrogen) atoms. The van der Waals surface area contributed by atoms with Crippen LogP contribution in [0, 0.1) is 0 Å². The number of benzene rings is 2. The molecule has 2 aromatic rings. The van der Waals surface area contributed by atoms with E-state index >= 15 is 0 Å². The number of nitrogens with one attached hydrogen (secondary N) is 1. The molecule has 0 aromatic heterocycles. The molecule has 1 atom stereocenters. The topological polar surface area (TPSA) is 88.2 Å². The monoisotopic (exact) mass is 519 g/mol. The number of amides is 2. The Kier molecular flexibility index (Phi) is 10.0. The van der Waals surface area contributed by atoms with Gasteiger partial charge in [0.2, 0.25) is 0 Å². The summed E-state index contributed by atoms with van der Waals surface area (Å²) in [5.74, 6) is 0.749. The lowest BCUT2D eigenvalue weighted by Crippen LogP contribution is -2.50. The molecule has 0 radical (unpaired) electrons. The number of hydrogen-bond donors (Lipinski definition) is 1. The molecule has 0 heterocycles. The molecule has 0 aliphatic carbocycles. The van der Waals surface area contributed by atoms with Crippen LogP contribution in [-0.2, 0) is 16.7 Å². The molecule has 0 spiro atoms. The van der Waals surface area contributed by atoms with Crippen LogP contribution in [0.2, 0.25) is 0 Å². The predicted octanol–water partition coefficient (Wildman–Crippen LogP) is 5.42. The fourth-order valence-corrected chi connectivity index (χ4v) is 4.63. The van der Waals surface area contributed by atoms with E-state index in [2.05, 4.69) is 10.2 Å². The first kappa shape index (κ1) is 29.3. The molecule has 0 aliphatic heterocycles. The molecular formula is C27H41N3O5S. The number of hydrogen-bond acceptors (Lipinski definition) is 6. The highest BCUT2D eigenvalue weighted by Crippen LogP contribution is 2.31. The van der Waals surface area contributed by atoms with Gasteiger partial charge < -0.3 is 24.0 Å². The van der Waals surface area contributed by atoms with Crippen LogP contribution in [-0.4, -0.2) is 51.1 Å². The fraction of sp³-hybridized carbons (Fsp3) is 0.519. The minimum absolute atomic E-state index is 0.0201.